The van der Waals surface area contributed by atoms with Crippen LogP contribution in [0, 0.1) is 13.8 Å². The van der Waals surface area contributed by atoms with Crippen molar-refractivity contribution in [2.24, 2.45) is 0 Å². The first-order valence-electron chi connectivity index (χ1n) is 9.99. The summed E-state index contributed by atoms with van der Waals surface area (Å²) in [6.07, 6.45) is 5.02. The van der Waals surface area contributed by atoms with E-state index in [9.17, 15) is 9.59 Å². The van der Waals surface area contributed by atoms with E-state index in [4.69, 9.17) is 0 Å². The molecule has 1 amide bonds. The number of benzene rings is 1. The fourth-order valence-corrected chi connectivity index (χ4v) is 3.76. The van der Waals surface area contributed by atoms with Crippen LogP contribution in [0.1, 0.15) is 23.4 Å². The fourth-order valence-electron chi connectivity index (χ4n) is 3.76. The molecule has 0 aliphatic rings. The van der Waals surface area contributed by atoms with Gasteiger partial charge >= 0.3 is 0 Å². The summed E-state index contributed by atoms with van der Waals surface area (Å²) in [6.45, 7) is 3.85. The van der Waals surface area contributed by atoms with E-state index in [0.717, 1.165) is 17.0 Å². The first-order chi connectivity index (χ1) is 15.5. The van der Waals surface area contributed by atoms with Crippen LogP contribution in [0.2, 0.25) is 0 Å². The second kappa shape index (κ2) is 7.69. The minimum Gasteiger partial charge on any atom is -0.324 e. The van der Waals surface area contributed by atoms with Crippen molar-refractivity contribution in [2.45, 2.75) is 26.7 Å². The van der Waals surface area contributed by atoms with Crippen LogP contribution < -0.4 is 10.9 Å². The van der Waals surface area contributed by atoms with Crippen LogP contribution in [0.15, 0.2) is 47.9 Å². The molecule has 0 aliphatic heterocycles. The number of anilines is 1. The number of H-pyrrole nitrogens is 1. The summed E-state index contributed by atoms with van der Waals surface area (Å²) in [5.41, 5.74) is 4.04. The van der Waals surface area contributed by atoms with Gasteiger partial charge in [-0.2, -0.15) is 15.2 Å². The Morgan fingerprint density at radius 2 is 2.00 bits per heavy atom. The lowest BCUT2D eigenvalue weighted by molar-refractivity contribution is -0.116. The number of carbonyl (C=O) groups excluding carboxylic acids is 1. The van der Waals surface area contributed by atoms with Gasteiger partial charge in [-0.1, -0.05) is 12.1 Å². The minimum absolute atomic E-state index is 0.155. The normalized spacial score (nSPS) is 11.3. The van der Waals surface area contributed by atoms with Crippen molar-refractivity contribution >= 4 is 28.4 Å². The average Bonchev–Trinajstić information content (AvgIpc) is 3.42. The van der Waals surface area contributed by atoms with Crippen LogP contribution in [0.4, 0.5) is 5.69 Å². The average molecular weight is 429 g/mol. The summed E-state index contributed by atoms with van der Waals surface area (Å²) < 4.78 is 3.21. The van der Waals surface area contributed by atoms with E-state index in [-0.39, 0.29) is 17.9 Å². The lowest BCUT2D eigenvalue weighted by Crippen LogP contribution is -2.16. The standard InChI is InChI=1S/C21H19N9O2/c1-12-14(13(2)29-21(27-12)24-11-26-29)7-8-18(31)28-16-5-3-4-6-17(16)30-19-15(9-25-30)20(32)23-10-22-19/h3-6,9-11H,7-8H2,1-2H3,(H,28,31)(H,22,23,32). The number of aromatic nitrogens is 8. The predicted molar refractivity (Wildman–Crippen MR) is 117 cm³/mol. The number of para-hydroxylation sites is 2. The molecule has 0 atom stereocenters. The van der Waals surface area contributed by atoms with Crippen molar-refractivity contribution < 1.29 is 4.79 Å². The Morgan fingerprint density at radius 3 is 2.88 bits per heavy atom. The molecule has 0 bridgehead atoms. The van der Waals surface area contributed by atoms with Gasteiger partial charge in [-0.15, -0.1) is 0 Å². The Balaban J connectivity index is 1.39. The van der Waals surface area contributed by atoms with E-state index in [1.807, 2.05) is 32.0 Å². The maximum Gasteiger partial charge on any atom is 0.261 e. The highest BCUT2D eigenvalue weighted by molar-refractivity contribution is 5.93. The maximum atomic E-state index is 12.8. The Kier molecular flexibility index (Phi) is 4.70. The number of nitrogens with one attached hydrogen (secondary N) is 2. The minimum atomic E-state index is -0.272. The third kappa shape index (κ3) is 3.29. The fraction of sp³-hybridized carbons (Fsp3) is 0.190. The van der Waals surface area contributed by atoms with Gasteiger partial charge in [0.25, 0.3) is 11.3 Å². The highest BCUT2D eigenvalue weighted by atomic mass is 16.1. The van der Waals surface area contributed by atoms with Gasteiger partial charge < -0.3 is 10.3 Å². The third-order valence-corrected chi connectivity index (χ3v) is 5.37. The van der Waals surface area contributed by atoms with E-state index in [1.165, 1.54) is 23.5 Å². The summed E-state index contributed by atoms with van der Waals surface area (Å²) >= 11 is 0. The van der Waals surface area contributed by atoms with Gasteiger partial charge in [-0.25, -0.2) is 19.2 Å². The first-order valence-corrected chi connectivity index (χ1v) is 9.99. The molecule has 4 aromatic heterocycles. The summed E-state index contributed by atoms with van der Waals surface area (Å²) in [7, 11) is 0. The van der Waals surface area contributed by atoms with Gasteiger partial charge in [-0.05, 0) is 38.0 Å². The Morgan fingerprint density at radius 1 is 1.16 bits per heavy atom. The second-order valence-corrected chi connectivity index (χ2v) is 7.32. The molecule has 0 unspecified atom stereocenters. The second-order valence-electron chi connectivity index (χ2n) is 7.32. The van der Waals surface area contributed by atoms with Crippen molar-refractivity contribution in [1.29, 1.82) is 0 Å². The highest BCUT2D eigenvalue weighted by Crippen LogP contribution is 2.23. The molecular formula is C21H19N9O2. The van der Waals surface area contributed by atoms with Gasteiger partial charge in [0.05, 0.1) is 23.9 Å². The third-order valence-electron chi connectivity index (χ3n) is 5.37. The number of hydrogen-bond acceptors (Lipinski definition) is 7. The van der Waals surface area contributed by atoms with Crippen molar-refractivity contribution in [3.05, 3.63) is 70.4 Å². The molecule has 0 saturated heterocycles. The van der Waals surface area contributed by atoms with Crippen molar-refractivity contribution in [2.75, 3.05) is 5.32 Å². The molecule has 0 radical (unpaired) electrons. The topological polar surface area (TPSA) is 136 Å². The molecule has 2 N–H and O–H groups in total. The van der Waals surface area contributed by atoms with Gasteiger partial charge in [0, 0.05) is 17.8 Å². The summed E-state index contributed by atoms with van der Waals surface area (Å²) in [5, 5.41) is 11.8. The molecule has 0 spiro atoms. The van der Waals surface area contributed by atoms with E-state index in [1.54, 1.807) is 10.6 Å². The molecule has 0 fully saturated rings. The number of rotatable bonds is 5. The molecule has 11 nitrogen and oxygen atoms in total. The largest absolute Gasteiger partial charge is 0.324 e. The predicted octanol–water partition coefficient (Wildman–Crippen LogP) is 1.73. The zero-order chi connectivity index (χ0) is 22.2. The van der Waals surface area contributed by atoms with Crippen LogP contribution >= 0.6 is 0 Å². The molecule has 0 aliphatic carbocycles. The molecule has 32 heavy (non-hydrogen) atoms. The van der Waals surface area contributed by atoms with Crippen LogP contribution in [0.25, 0.3) is 22.5 Å². The number of hydrogen-bond donors (Lipinski definition) is 2. The SMILES string of the molecule is Cc1nc2ncnn2c(C)c1CCC(=O)Nc1ccccc1-n1ncc2c(=O)[nH]cnc21. The smallest absolute Gasteiger partial charge is 0.261 e. The van der Waals surface area contributed by atoms with Crippen molar-refractivity contribution in [1.82, 2.24) is 39.3 Å². The van der Waals surface area contributed by atoms with Crippen LogP contribution in [-0.2, 0) is 11.2 Å². The quantitative estimate of drug-likeness (QED) is 0.434. The molecule has 5 aromatic rings. The number of carbonyl (C=O) groups is 1. The maximum absolute atomic E-state index is 12.8. The summed E-state index contributed by atoms with van der Waals surface area (Å²) in [4.78, 5) is 40.1. The summed E-state index contributed by atoms with van der Waals surface area (Å²) in [5.74, 6) is 0.387. The van der Waals surface area contributed by atoms with Gasteiger partial charge in [0.2, 0.25) is 5.91 Å². The first kappa shape index (κ1) is 19.5. The number of fused-ring (bicyclic) bond motifs is 2. The lowest BCUT2D eigenvalue weighted by atomic mass is 10.1. The Bertz CT molecular complexity index is 1530. The molecule has 1 aromatic carbocycles. The van der Waals surface area contributed by atoms with E-state index in [0.29, 0.717) is 34.6 Å². The van der Waals surface area contributed by atoms with Gasteiger partial charge in [0.15, 0.2) is 5.65 Å². The van der Waals surface area contributed by atoms with Crippen molar-refractivity contribution in [3.8, 4) is 5.69 Å². The highest BCUT2D eigenvalue weighted by Gasteiger charge is 2.16. The van der Waals surface area contributed by atoms with E-state index < -0.39 is 0 Å². The lowest BCUT2D eigenvalue weighted by Gasteiger charge is -2.13. The molecule has 0 saturated carbocycles. The zero-order valence-corrected chi connectivity index (χ0v) is 17.4. The van der Waals surface area contributed by atoms with Crippen LogP contribution in [0.3, 0.4) is 0 Å². The number of aromatic amines is 1. The number of aryl methyl sites for hydroxylation is 2. The van der Waals surface area contributed by atoms with E-state index in [2.05, 4.69) is 35.5 Å². The number of nitrogens with zero attached hydrogens (tertiary/aromatic N) is 7. The molecule has 160 valence electrons. The molecule has 5 rings (SSSR count). The van der Waals surface area contributed by atoms with Crippen LogP contribution in [-0.4, -0.2) is 45.2 Å². The summed E-state index contributed by atoms with van der Waals surface area (Å²) in [6, 6.07) is 7.24. The number of amides is 1. The Labute approximate surface area is 181 Å². The monoisotopic (exact) mass is 429 g/mol. The molecule has 11 heteroatoms. The zero-order valence-electron chi connectivity index (χ0n) is 17.4. The molecule has 4 heterocycles. The van der Waals surface area contributed by atoms with Crippen LogP contribution in [0.5, 0.6) is 0 Å². The van der Waals surface area contributed by atoms with Gasteiger partial charge in [-0.3, -0.25) is 9.59 Å². The molecular weight excluding hydrogens is 410 g/mol. The Hall–Kier alpha value is -4.41. The van der Waals surface area contributed by atoms with Gasteiger partial charge in [0.1, 0.15) is 11.7 Å². The van der Waals surface area contributed by atoms with Crippen molar-refractivity contribution in [3.63, 3.8) is 0 Å². The van der Waals surface area contributed by atoms with E-state index >= 15 is 0 Å².